The van der Waals surface area contributed by atoms with Crippen molar-refractivity contribution < 1.29 is 4.79 Å². The smallest absolute Gasteiger partial charge is 0.252 e. The summed E-state index contributed by atoms with van der Waals surface area (Å²) in [5.41, 5.74) is 8.34. The molecule has 1 aliphatic carbocycles. The predicted molar refractivity (Wildman–Crippen MR) is 84.2 cm³/mol. The second-order valence-corrected chi connectivity index (χ2v) is 6.05. The summed E-state index contributed by atoms with van der Waals surface area (Å²) in [6.45, 7) is 3.33. The summed E-state index contributed by atoms with van der Waals surface area (Å²) < 4.78 is 0. The first kappa shape index (κ1) is 14.0. The number of hydrogen-bond acceptors (Lipinski definition) is 3. The van der Waals surface area contributed by atoms with Crippen molar-refractivity contribution in [2.24, 2.45) is 11.1 Å². The number of para-hydroxylation sites is 1. The maximum absolute atomic E-state index is 12.5. The van der Waals surface area contributed by atoms with Gasteiger partial charge in [0.05, 0.1) is 11.1 Å². The molecule has 1 amide bonds. The van der Waals surface area contributed by atoms with Gasteiger partial charge in [0.25, 0.3) is 5.91 Å². The summed E-state index contributed by atoms with van der Waals surface area (Å²) in [5, 5.41) is 3.99. The minimum atomic E-state index is -0.0139. The van der Waals surface area contributed by atoms with Gasteiger partial charge in [-0.1, -0.05) is 18.2 Å². The summed E-state index contributed by atoms with van der Waals surface area (Å²) >= 11 is 0. The molecule has 4 nitrogen and oxygen atoms in total. The first-order valence-corrected chi connectivity index (χ1v) is 7.48. The lowest BCUT2D eigenvalue weighted by Crippen LogP contribution is -2.31. The highest BCUT2D eigenvalue weighted by atomic mass is 16.1. The molecular weight excluding hydrogens is 262 g/mol. The summed E-state index contributed by atoms with van der Waals surface area (Å²) in [7, 11) is 0. The molecule has 3 N–H and O–H groups in total. The molecule has 3 rings (SSSR count). The first-order valence-electron chi connectivity index (χ1n) is 7.48. The number of benzene rings is 1. The van der Waals surface area contributed by atoms with Crippen molar-refractivity contribution in [3.63, 3.8) is 0 Å². The lowest BCUT2D eigenvalue weighted by molar-refractivity contribution is 0.0945. The van der Waals surface area contributed by atoms with Gasteiger partial charge in [-0.2, -0.15) is 0 Å². The maximum Gasteiger partial charge on any atom is 0.252 e. The van der Waals surface area contributed by atoms with Crippen LogP contribution in [0.5, 0.6) is 0 Å². The van der Waals surface area contributed by atoms with Crippen LogP contribution in [0.4, 0.5) is 0 Å². The van der Waals surface area contributed by atoms with Crippen LogP contribution >= 0.6 is 0 Å². The summed E-state index contributed by atoms with van der Waals surface area (Å²) in [6.07, 6.45) is 3.32. The molecule has 21 heavy (non-hydrogen) atoms. The number of fused-ring (bicyclic) bond motifs is 1. The third kappa shape index (κ3) is 2.90. The molecule has 0 unspecified atom stereocenters. The van der Waals surface area contributed by atoms with E-state index in [1.54, 1.807) is 0 Å². The number of nitrogens with two attached hydrogens (primary N) is 1. The standard InChI is InChI=1S/C17H21N3O/c1-12-10-14(13-4-2-3-5-15(13)20-12)16(21)19-11-17(6-7-17)8-9-18/h2-5,10H,6-9,11,18H2,1H3,(H,19,21). The highest BCUT2D eigenvalue weighted by Crippen LogP contribution is 2.47. The zero-order valence-corrected chi connectivity index (χ0v) is 12.4. The monoisotopic (exact) mass is 283 g/mol. The largest absolute Gasteiger partial charge is 0.351 e. The fraction of sp³-hybridized carbons (Fsp3) is 0.412. The van der Waals surface area contributed by atoms with Crippen LogP contribution in [0.1, 0.15) is 35.3 Å². The molecule has 1 aromatic heterocycles. The Morgan fingerprint density at radius 3 is 2.86 bits per heavy atom. The van der Waals surface area contributed by atoms with E-state index in [0.29, 0.717) is 12.1 Å². The van der Waals surface area contributed by atoms with Crippen LogP contribution in [-0.2, 0) is 0 Å². The van der Waals surface area contributed by atoms with Crippen LogP contribution in [0.2, 0.25) is 0 Å². The molecule has 0 atom stereocenters. The molecule has 110 valence electrons. The van der Waals surface area contributed by atoms with E-state index < -0.39 is 0 Å². The van der Waals surface area contributed by atoms with Gasteiger partial charge in [0.1, 0.15) is 0 Å². The van der Waals surface area contributed by atoms with Crippen LogP contribution in [0.3, 0.4) is 0 Å². The number of nitrogens with one attached hydrogen (secondary N) is 1. The highest BCUT2D eigenvalue weighted by molar-refractivity contribution is 6.06. The molecule has 4 heteroatoms. The fourth-order valence-electron chi connectivity index (χ4n) is 2.86. The molecule has 1 fully saturated rings. The Bertz CT molecular complexity index is 677. The topological polar surface area (TPSA) is 68.0 Å². The Hall–Kier alpha value is -1.94. The van der Waals surface area contributed by atoms with Gasteiger partial charge < -0.3 is 11.1 Å². The van der Waals surface area contributed by atoms with E-state index in [1.165, 1.54) is 12.8 Å². The van der Waals surface area contributed by atoms with Crippen molar-refractivity contribution in [2.45, 2.75) is 26.2 Å². The van der Waals surface area contributed by atoms with Gasteiger partial charge in [-0.25, -0.2) is 0 Å². The van der Waals surface area contributed by atoms with Crippen LogP contribution in [0.25, 0.3) is 10.9 Å². The lowest BCUT2D eigenvalue weighted by atomic mass is 10.0. The average Bonchev–Trinajstić information content (AvgIpc) is 3.24. The van der Waals surface area contributed by atoms with Gasteiger partial charge in [0, 0.05) is 17.6 Å². The number of carbonyl (C=O) groups is 1. The van der Waals surface area contributed by atoms with Gasteiger partial charge in [0.2, 0.25) is 0 Å². The fourth-order valence-corrected chi connectivity index (χ4v) is 2.86. The van der Waals surface area contributed by atoms with Gasteiger partial charge >= 0.3 is 0 Å². The van der Waals surface area contributed by atoms with Crippen molar-refractivity contribution in [1.29, 1.82) is 0 Å². The minimum absolute atomic E-state index is 0.0139. The minimum Gasteiger partial charge on any atom is -0.351 e. The Balaban J connectivity index is 1.81. The number of nitrogens with zero attached hydrogens (tertiary/aromatic N) is 1. The zero-order chi connectivity index (χ0) is 14.9. The molecule has 0 aliphatic heterocycles. The van der Waals surface area contributed by atoms with Crippen LogP contribution < -0.4 is 11.1 Å². The van der Waals surface area contributed by atoms with E-state index in [2.05, 4.69) is 10.3 Å². The first-order chi connectivity index (χ1) is 10.1. The molecule has 2 aromatic rings. The van der Waals surface area contributed by atoms with E-state index in [9.17, 15) is 4.79 Å². The van der Waals surface area contributed by atoms with E-state index in [-0.39, 0.29) is 11.3 Å². The van der Waals surface area contributed by atoms with Crippen LogP contribution in [-0.4, -0.2) is 24.0 Å². The van der Waals surface area contributed by atoms with Gasteiger partial charge in [0.15, 0.2) is 0 Å². The number of aromatic nitrogens is 1. The Kier molecular flexibility index (Phi) is 3.64. The van der Waals surface area contributed by atoms with Crippen molar-refractivity contribution in [2.75, 3.05) is 13.1 Å². The maximum atomic E-state index is 12.5. The molecular formula is C17H21N3O. The number of amides is 1. The molecule has 1 heterocycles. The average molecular weight is 283 g/mol. The van der Waals surface area contributed by atoms with Crippen LogP contribution in [0, 0.1) is 12.3 Å². The molecule has 0 saturated heterocycles. The van der Waals surface area contributed by atoms with Gasteiger partial charge in [-0.05, 0) is 50.3 Å². The summed E-state index contributed by atoms with van der Waals surface area (Å²) in [6, 6.07) is 9.63. The number of hydrogen-bond donors (Lipinski definition) is 2. The SMILES string of the molecule is Cc1cc(C(=O)NCC2(CCN)CC2)c2ccccc2n1. The number of carbonyl (C=O) groups excluding carboxylic acids is 1. The molecule has 0 radical (unpaired) electrons. The number of pyridine rings is 1. The highest BCUT2D eigenvalue weighted by Gasteiger charge is 2.41. The van der Waals surface area contributed by atoms with E-state index in [1.807, 2.05) is 37.3 Å². The van der Waals surface area contributed by atoms with Crippen molar-refractivity contribution in [3.8, 4) is 0 Å². The molecule has 1 saturated carbocycles. The third-order valence-electron chi connectivity index (χ3n) is 4.34. The van der Waals surface area contributed by atoms with Crippen molar-refractivity contribution in [3.05, 3.63) is 41.6 Å². The third-order valence-corrected chi connectivity index (χ3v) is 4.34. The van der Waals surface area contributed by atoms with Gasteiger partial charge in [-0.15, -0.1) is 0 Å². The Labute approximate surface area is 124 Å². The Morgan fingerprint density at radius 1 is 1.38 bits per heavy atom. The second kappa shape index (κ2) is 5.45. The van der Waals surface area contributed by atoms with E-state index in [4.69, 9.17) is 5.73 Å². The van der Waals surface area contributed by atoms with Gasteiger partial charge in [-0.3, -0.25) is 9.78 Å². The summed E-state index contributed by atoms with van der Waals surface area (Å²) in [4.78, 5) is 17.0. The zero-order valence-electron chi connectivity index (χ0n) is 12.4. The Morgan fingerprint density at radius 2 is 2.14 bits per heavy atom. The quantitative estimate of drug-likeness (QED) is 0.885. The number of rotatable bonds is 5. The molecule has 1 aliphatic rings. The van der Waals surface area contributed by atoms with Crippen LogP contribution in [0.15, 0.2) is 30.3 Å². The molecule has 1 aromatic carbocycles. The van der Waals surface area contributed by atoms with Crippen molar-refractivity contribution >= 4 is 16.8 Å². The lowest BCUT2D eigenvalue weighted by Gasteiger charge is -2.15. The number of aryl methyl sites for hydroxylation is 1. The van der Waals surface area contributed by atoms with E-state index in [0.717, 1.165) is 29.6 Å². The second-order valence-electron chi connectivity index (χ2n) is 6.05. The normalized spacial score (nSPS) is 15.9. The van der Waals surface area contributed by atoms with Crippen molar-refractivity contribution in [1.82, 2.24) is 10.3 Å². The summed E-state index contributed by atoms with van der Waals surface area (Å²) in [5.74, 6) is -0.0139. The predicted octanol–water partition coefficient (Wildman–Crippen LogP) is 2.40. The molecule has 0 bridgehead atoms. The molecule has 0 spiro atoms. The van der Waals surface area contributed by atoms with E-state index >= 15 is 0 Å².